The van der Waals surface area contributed by atoms with Crippen molar-refractivity contribution >= 4 is 15.9 Å². The molecule has 0 N–H and O–H groups in total. The second kappa shape index (κ2) is 7.77. The molecule has 1 aromatic rings. The van der Waals surface area contributed by atoms with Crippen molar-refractivity contribution in [2.45, 2.75) is 37.9 Å². The predicted octanol–water partition coefficient (Wildman–Crippen LogP) is 2.13. The van der Waals surface area contributed by atoms with Gasteiger partial charge in [0, 0.05) is 26.2 Å². The molecular weight excluding hydrogens is 350 g/mol. The van der Waals surface area contributed by atoms with Crippen molar-refractivity contribution in [1.29, 1.82) is 5.26 Å². The summed E-state index contributed by atoms with van der Waals surface area (Å²) in [6, 6.07) is 11.4. The number of sulfonamides is 1. The lowest BCUT2D eigenvalue weighted by atomic mass is 9.74. The number of piperazine rings is 1. The third-order valence-electron chi connectivity index (χ3n) is 5.44. The van der Waals surface area contributed by atoms with Crippen LogP contribution in [0.25, 0.3) is 0 Å². The summed E-state index contributed by atoms with van der Waals surface area (Å²) < 4.78 is 26.7. The summed E-state index contributed by atoms with van der Waals surface area (Å²) >= 11 is 0. The van der Waals surface area contributed by atoms with Gasteiger partial charge in [-0.2, -0.15) is 9.57 Å². The Kier molecular flexibility index (Phi) is 5.64. The minimum absolute atomic E-state index is 0.0239. The molecule has 2 fully saturated rings. The van der Waals surface area contributed by atoms with Crippen LogP contribution in [-0.2, 0) is 20.6 Å². The molecule has 1 aliphatic carbocycles. The van der Waals surface area contributed by atoms with E-state index in [1.807, 2.05) is 18.2 Å². The van der Waals surface area contributed by atoms with E-state index in [-0.39, 0.29) is 11.7 Å². The second-order valence-electron chi connectivity index (χ2n) is 7.19. The van der Waals surface area contributed by atoms with Gasteiger partial charge in [-0.05, 0) is 18.4 Å². The average molecular weight is 375 g/mol. The SMILES string of the molecule is N#CC1(C(=O)N2CCN(S(=O)(=O)Cc3ccccc3)CC2)CCCCC1. The molecule has 1 amide bonds. The number of carbonyl (C=O) groups excluding carboxylic acids is 1. The number of carbonyl (C=O) groups is 1. The number of nitrogens with zero attached hydrogens (tertiary/aromatic N) is 3. The normalized spacial score (nSPS) is 21.1. The molecule has 6 nitrogen and oxygen atoms in total. The van der Waals surface area contributed by atoms with Crippen LogP contribution in [0.2, 0.25) is 0 Å². The molecule has 7 heteroatoms. The second-order valence-corrected chi connectivity index (χ2v) is 9.16. The van der Waals surface area contributed by atoms with E-state index in [0.717, 1.165) is 24.8 Å². The van der Waals surface area contributed by atoms with E-state index in [1.165, 1.54) is 4.31 Å². The quantitative estimate of drug-likeness (QED) is 0.807. The topological polar surface area (TPSA) is 81.5 Å². The number of hydrogen-bond acceptors (Lipinski definition) is 4. The molecule has 0 bridgehead atoms. The molecule has 0 atom stereocenters. The smallest absolute Gasteiger partial charge is 0.243 e. The Morgan fingerprint density at radius 1 is 1.04 bits per heavy atom. The molecule has 26 heavy (non-hydrogen) atoms. The first-order valence-corrected chi connectivity index (χ1v) is 10.8. The van der Waals surface area contributed by atoms with E-state index >= 15 is 0 Å². The van der Waals surface area contributed by atoms with Crippen molar-refractivity contribution in [1.82, 2.24) is 9.21 Å². The molecule has 1 aromatic carbocycles. The summed E-state index contributed by atoms with van der Waals surface area (Å²) in [6.45, 7) is 1.30. The van der Waals surface area contributed by atoms with Gasteiger partial charge in [0.1, 0.15) is 5.41 Å². The highest BCUT2D eigenvalue weighted by Gasteiger charge is 2.43. The molecule has 1 heterocycles. The van der Waals surface area contributed by atoms with Crippen molar-refractivity contribution in [3.63, 3.8) is 0 Å². The van der Waals surface area contributed by atoms with Gasteiger partial charge in [0.25, 0.3) is 0 Å². The average Bonchev–Trinajstić information content (AvgIpc) is 2.68. The lowest BCUT2D eigenvalue weighted by molar-refractivity contribution is -0.141. The summed E-state index contributed by atoms with van der Waals surface area (Å²) in [4.78, 5) is 14.6. The van der Waals surface area contributed by atoms with Crippen molar-refractivity contribution in [2.75, 3.05) is 26.2 Å². The van der Waals surface area contributed by atoms with Crippen LogP contribution in [0.4, 0.5) is 0 Å². The first-order chi connectivity index (χ1) is 12.5. The molecule has 140 valence electrons. The monoisotopic (exact) mass is 375 g/mol. The summed E-state index contributed by atoms with van der Waals surface area (Å²) in [7, 11) is -3.40. The summed E-state index contributed by atoms with van der Waals surface area (Å²) in [6.07, 6.45) is 4.13. The van der Waals surface area contributed by atoms with Crippen molar-refractivity contribution in [2.24, 2.45) is 5.41 Å². The number of nitriles is 1. The zero-order valence-corrected chi connectivity index (χ0v) is 15.7. The van der Waals surface area contributed by atoms with Gasteiger partial charge < -0.3 is 4.90 Å². The molecule has 2 aliphatic rings. The molecule has 0 spiro atoms. The van der Waals surface area contributed by atoms with Gasteiger partial charge in [0.2, 0.25) is 15.9 Å². The van der Waals surface area contributed by atoms with Crippen LogP contribution in [-0.4, -0.2) is 49.7 Å². The number of rotatable bonds is 4. The van der Waals surface area contributed by atoms with Crippen LogP contribution in [0.5, 0.6) is 0 Å². The zero-order chi connectivity index (χ0) is 18.6. The number of hydrogen-bond donors (Lipinski definition) is 0. The molecule has 1 saturated heterocycles. The maximum Gasteiger partial charge on any atom is 0.243 e. The maximum absolute atomic E-state index is 12.9. The van der Waals surface area contributed by atoms with Gasteiger partial charge in [-0.15, -0.1) is 0 Å². The van der Waals surface area contributed by atoms with Crippen molar-refractivity contribution < 1.29 is 13.2 Å². The molecule has 0 unspecified atom stereocenters. The Labute approximate surface area is 155 Å². The Morgan fingerprint density at radius 2 is 1.65 bits per heavy atom. The molecule has 0 aromatic heterocycles. The molecule has 0 radical (unpaired) electrons. The van der Waals surface area contributed by atoms with Crippen LogP contribution in [0.3, 0.4) is 0 Å². The van der Waals surface area contributed by atoms with E-state index in [2.05, 4.69) is 6.07 Å². The Morgan fingerprint density at radius 3 is 2.23 bits per heavy atom. The zero-order valence-electron chi connectivity index (χ0n) is 14.9. The maximum atomic E-state index is 12.9. The minimum Gasteiger partial charge on any atom is -0.339 e. The minimum atomic E-state index is -3.40. The highest BCUT2D eigenvalue weighted by Crippen LogP contribution is 2.37. The fourth-order valence-corrected chi connectivity index (χ4v) is 5.39. The van der Waals surface area contributed by atoms with Crippen LogP contribution in [0.1, 0.15) is 37.7 Å². The van der Waals surface area contributed by atoms with Crippen LogP contribution >= 0.6 is 0 Å². The van der Waals surface area contributed by atoms with E-state index in [0.29, 0.717) is 39.0 Å². The van der Waals surface area contributed by atoms with Crippen LogP contribution in [0, 0.1) is 16.7 Å². The highest BCUT2D eigenvalue weighted by molar-refractivity contribution is 7.88. The number of amides is 1. The third kappa shape index (κ3) is 3.92. The molecular formula is C19H25N3O3S. The fraction of sp³-hybridized carbons (Fsp3) is 0.579. The standard InChI is InChI=1S/C19H25N3O3S/c20-16-19(9-5-2-6-10-19)18(23)21-11-13-22(14-12-21)26(24,25)15-17-7-3-1-4-8-17/h1,3-4,7-8H,2,5-6,9-15H2. The molecule has 1 saturated carbocycles. The summed E-state index contributed by atoms with van der Waals surface area (Å²) in [5.41, 5.74) is -0.139. The van der Waals surface area contributed by atoms with Crippen LogP contribution in [0.15, 0.2) is 30.3 Å². The molecule has 3 rings (SSSR count). The first-order valence-electron chi connectivity index (χ1n) is 9.19. The van der Waals surface area contributed by atoms with Gasteiger partial charge in [0.15, 0.2) is 0 Å². The highest BCUT2D eigenvalue weighted by atomic mass is 32.2. The number of benzene rings is 1. The van der Waals surface area contributed by atoms with Crippen LogP contribution < -0.4 is 0 Å². The summed E-state index contributed by atoms with van der Waals surface area (Å²) in [5.74, 6) is -0.135. The van der Waals surface area contributed by atoms with E-state index in [9.17, 15) is 18.5 Å². The van der Waals surface area contributed by atoms with Gasteiger partial charge in [0.05, 0.1) is 11.8 Å². The van der Waals surface area contributed by atoms with Gasteiger partial charge in [-0.1, -0.05) is 49.6 Å². The van der Waals surface area contributed by atoms with E-state index in [1.54, 1.807) is 17.0 Å². The molecule has 1 aliphatic heterocycles. The first kappa shape index (κ1) is 18.9. The van der Waals surface area contributed by atoms with Gasteiger partial charge >= 0.3 is 0 Å². The van der Waals surface area contributed by atoms with Gasteiger partial charge in [-0.25, -0.2) is 8.42 Å². The lowest BCUT2D eigenvalue weighted by Gasteiger charge is -2.39. The predicted molar refractivity (Wildman–Crippen MR) is 98.3 cm³/mol. The lowest BCUT2D eigenvalue weighted by Crippen LogP contribution is -2.54. The Bertz CT molecular complexity index is 772. The van der Waals surface area contributed by atoms with E-state index in [4.69, 9.17) is 0 Å². The third-order valence-corrected chi connectivity index (χ3v) is 7.29. The van der Waals surface area contributed by atoms with Gasteiger partial charge in [-0.3, -0.25) is 4.79 Å². The largest absolute Gasteiger partial charge is 0.339 e. The Hall–Kier alpha value is -1.91. The fourth-order valence-electron chi connectivity index (χ4n) is 3.88. The Balaban J connectivity index is 1.62. The van der Waals surface area contributed by atoms with E-state index < -0.39 is 15.4 Å². The van der Waals surface area contributed by atoms with Crippen molar-refractivity contribution in [3.8, 4) is 6.07 Å². The summed E-state index contributed by atoms with van der Waals surface area (Å²) in [5, 5.41) is 9.58. The van der Waals surface area contributed by atoms with Crippen molar-refractivity contribution in [3.05, 3.63) is 35.9 Å².